The molecule has 8 heteroatoms. The van der Waals surface area contributed by atoms with Crippen molar-refractivity contribution in [1.82, 2.24) is 15.5 Å². The van der Waals surface area contributed by atoms with E-state index in [1.807, 2.05) is 25.7 Å². The van der Waals surface area contributed by atoms with Gasteiger partial charge in [0.2, 0.25) is 5.91 Å². The fraction of sp³-hybridized carbons (Fsp3) is 0.882. The second-order valence-electron chi connectivity index (χ2n) is 7.12. The Morgan fingerprint density at radius 3 is 2.60 bits per heavy atom. The van der Waals surface area contributed by atoms with Crippen molar-refractivity contribution in [2.24, 2.45) is 10.9 Å². The van der Waals surface area contributed by atoms with E-state index in [1.165, 1.54) is 0 Å². The highest BCUT2D eigenvalue weighted by Crippen LogP contribution is 2.27. The van der Waals surface area contributed by atoms with Crippen LogP contribution in [0.1, 0.15) is 40.0 Å². The molecule has 2 fully saturated rings. The smallest absolute Gasteiger partial charge is 0.225 e. The van der Waals surface area contributed by atoms with Gasteiger partial charge in [-0.1, -0.05) is 13.8 Å². The Bertz CT molecular complexity index is 448. The molecule has 3 N–H and O–H groups in total. The molecule has 0 saturated carbocycles. The maximum absolute atomic E-state index is 12.1. The Morgan fingerprint density at radius 2 is 2.08 bits per heavy atom. The van der Waals surface area contributed by atoms with Crippen molar-refractivity contribution in [1.29, 1.82) is 0 Å². The molecule has 0 aromatic carbocycles. The van der Waals surface area contributed by atoms with Gasteiger partial charge >= 0.3 is 0 Å². The van der Waals surface area contributed by atoms with Crippen LogP contribution in [0.4, 0.5) is 0 Å². The molecule has 1 unspecified atom stereocenters. The summed E-state index contributed by atoms with van der Waals surface area (Å²) in [6.07, 6.45) is 2.68. The number of aliphatic imine (C=N–C) groups is 1. The second kappa shape index (κ2) is 10.8. The highest BCUT2D eigenvalue weighted by Gasteiger charge is 2.31. The predicted octanol–water partition coefficient (Wildman–Crippen LogP) is 1.67. The Labute approximate surface area is 173 Å². The van der Waals surface area contributed by atoms with Crippen LogP contribution in [0.25, 0.3) is 0 Å². The number of carbonyl (C=O) groups is 1. The van der Waals surface area contributed by atoms with E-state index in [1.54, 1.807) is 11.8 Å². The summed E-state index contributed by atoms with van der Waals surface area (Å²) in [4.78, 5) is 18.6. The molecule has 0 bridgehead atoms. The van der Waals surface area contributed by atoms with Gasteiger partial charge in [0.15, 0.2) is 5.96 Å². The Kier molecular flexibility index (Phi) is 9.87. The number of carbonyl (C=O) groups excluding carboxylic acids is 1. The molecule has 2 aliphatic rings. The SMILES string of the molecule is CCNC(=NCC1(O)CCSC1)NC1CCN(C(=O)C(C)C)CC1.I. The summed E-state index contributed by atoms with van der Waals surface area (Å²) in [7, 11) is 0. The zero-order chi connectivity index (χ0) is 17.6. The van der Waals surface area contributed by atoms with Gasteiger partial charge in [-0.05, 0) is 31.9 Å². The van der Waals surface area contributed by atoms with Crippen molar-refractivity contribution < 1.29 is 9.90 Å². The van der Waals surface area contributed by atoms with Gasteiger partial charge in [0.1, 0.15) is 0 Å². The third-order valence-electron chi connectivity index (χ3n) is 4.60. The van der Waals surface area contributed by atoms with Gasteiger partial charge in [-0.15, -0.1) is 24.0 Å². The van der Waals surface area contributed by atoms with E-state index in [4.69, 9.17) is 0 Å². The van der Waals surface area contributed by atoms with Crippen LogP contribution in [0.2, 0.25) is 0 Å². The van der Waals surface area contributed by atoms with Crippen LogP contribution in [-0.4, -0.2) is 71.2 Å². The number of aliphatic hydroxyl groups is 1. The first-order chi connectivity index (χ1) is 11.4. The van der Waals surface area contributed by atoms with Crippen LogP contribution < -0.4 is 10.6 Å². The predicted molar refractivity (Wildman–Crippen MR) is 116 cm³/mol. The van der Waals surface area contributed by atoms with Crippen molar-refractivity contribution in [3.05, 3.63) is 0 Å². The molecule has 0 aromatic heterocycles. The molecule has 1 amide bonds. The van der Waals surface area contributed by atoms with Gasteiger partial charge in [0.25, 0.3) is 0 Å². The minimum Gasteiger partial charge on any atom is -0.387 e. The van der Waals surface area contributed by atoms with Crippen molar-refractivity contribution in [2.45, 2.75) is 51.7 Å². The summed E-state index contributed by atoms with van der Waals surface area (Å²) < 4.78 is 0. The first-order valence-corrected chi connectivity index (χ1v) is 10.2. The van der Waals surface area contributed by atoms with Crippen LogP contribution in [-0.2, 0) is 4.79 Å². The third-order valence-corrected chi connectivity index (χ3v) is 5.83. The van der Waals surface area contributed by atoms with Gasteiger partial charge in [-0.3, -0.25) is 9.79 Å². The molecule has 2 heterocycles. The summed E-state index contributed by atoms with van der Waals surface area (Å²) in [5, 5.41) is 17.2. The molecular weight excluding hydrogens is 451 g/mol. The number of halogens is 1. The van der Waals surface area contributed by atoms with E-state index >= 15 is 0 Å². The molecule has 0 radical (unpaired) electrons. The van der Waals surface area contributed by atoms with Crippen LogP contribution >= 0.6 is 35.7 Å². The fourth-order valence-corrected chi connectivity index (χ4v) is 4.35. The highest BCUT2D eigenvalue weighted by atomic mass is 127. The number of amides is 1. The summed E-state index contributed by atoms with van der Waals surface area (Å²) in [6.45, 7) is 8.79. The molecule has 6 nitrogen and oxygen atoms in total. The Morgan fingerprint density at radius 1 is 1.40 bits per heavy atom. The number of likely N-dealkylation sites (tertiary alicyclic amines) is 1. The third kappa shape index (κ3) is 7.13. The lowest BCUT2D eigenvalue weighted by Crippen LogP contribution is -2.50. The first-order valence-electron chi connectivity index (χ1n) is 9.07. The van der Waals surface area contributed by atoms with E-state index < -0.39 is 5.60 Å². The topological polar surface area (TPSA) is 77.0 Å². The van der Waals surface area contributed by atoms with E-state index in [2.05, 4.69) is 15.6 Å². The molecular formula is C17H33IN4O2S. The molecule has 2 saturated heterocycles. The molecule has 146 valence electrons. The lowest BCUT2D eigenvalue weighted by atomic mass is 10.0. The molecule has 1 atom stereocenters. The number of nitrogens with one attached hydrogen (secondary N) is 2. The summed E-state index contributed by atoms with van der Waals surface area (Å²) >= 11 is 1.79. The largest absolute Gasteiger partial charge is 0.387 e. The number of rotatable bonds is 5. The standard InChI is InChI=1S/C17H32N4O2S.HI/c1-4-18-16(19-11-17(23)7-10-24-12-17)20-14-5-8-21(9-6-14)15(22)13(2)3;/h13-14,23H,4-12H2,1-3H3,(H2,18,19,20);1H. The fourth-order valence-electron chi connectivity index (χ4n) is 3.07. The number of nitrogens with zero attached hydrogens (tertiary/aromatic N) is 2. The lowest BCUT2D eigenvalue weighted by Gasteiger charge is -2.34. The maximum Gasteiger partial charge on any atom is 0.225 e. The van der Waals surface area contributed by atoms with E-state index in [0.717, 1.165) is 56.4 Å². The molecule has 25 heavy (non-hydrogen) atoms. The van der Waals surface area contributed by atoms with E-state index in [0.29, 0.717) is 12.6 Å². The quantitative estimate of drug-likeness (QED) is 0.315. The molecule has 0 aromatic rings. The first kappa shape index (κ1) is 22.8. The number of hydrogen-bond donors (Lipinski definition) is 3. The number of guanidine groups is 1. The Hall–Kier alpha value is -0.220. The normalized spacial score (nSPS) is 25.0. The molecule has 2 aliphatic heterocycles. The summed E-state index contributed by atoms with van der Waals surface area (Å²) in [6, 6.07) is 0.326. The number of thioether (sulfide) groups is 1. The average molecular weight is 484 g/mol. The van der Waals surface area contributed by atoms with Crippen molar-refractivity contribution in [3.63, 3.8) is 0 Å². The van der Waals surface area contributed by atoms with Crippen LogP contribution in [0, 0.1) is 5.92 Å². The van der Waals surface area contributed by atoms with Gasteiger partial charge < -0.3 is 20.6 Å². The van der Waals surface area contributed by atoms with Crippen molar-refractivity contribution in [3.8, 4) is 0 Å². The maximum atomic E-state index is 12.1. The Balaban J connectivity index is 0.00000312. The minimum atomic E-state index is -0.653. The van der Waals surface area contributed by atoms with Gasteiger partial charge in [0.05, 0.1) is 12.1 Å². The minimum absolute atomic E-state index is 0. The average Bonchev–Trinajstić information content (AvgIpc) is 3.00. The number of piperidine rings is 1. The van der Waals surface area contributed by atoms with E-state index in [9.17, 15) is 9.90 Å². The van der Waals surface area contributed by atoms with Crippen LogP contribution in [0.5, 0.6) is 0 Å². The lowest BCUT2D eigenvalue weighted by molar-refractivity contribution is -0.135. The van der Waals surface area contributed by atoms with E-state index in [-0.39, 0.29) is 35.8 Å². The van der Waals surface area contributed by atoms with Crippen LogP contribution in [0.3, 0.4) is 0 Å². The monoisotopic (exact) mass is 484 g/mol. The second-order valence-corrected chi connectivity index (χ2v) is 8.23. The highest BCUT2D eigenvalue weighted by molar-refractivity contribution is 14.0. The molecule has 0 spiro atoms. The van der Waals surface area contributed by atoms with Crippen molar-refractivity contribution >= 4 is 47.6 Å². The van der Waals surface area contributed by atoms with Crippen LogP contribution in [0.15, 0.2) is 4.99 Å². The van der Waals surface area contributed by atoms with Gasteiger partial charge in [0, 0.05) is 37.3 Å². The molecule has 0 aliphatic carbocycles. The molecule has 2 rings (SSSR count). The summed E-state index contributed by atoms with van der Waals surface area (Å²) in [5.41, 5.74) is -0.653. The van der Waals surface area contributed by atoms with Crippen molar-refractivity contribution in [2.75, 3.05) is 37.7 Å². The van der Waals surface area contributed by atoms with Gasteiger partial charge in [-0.25, -0.2) is 0 Å². The zero-order valence-electron chi connectivity index (χ0n) is 15.6. The zero-order valence-corrected chi connectivity index (χ0v) is 18.7. The summed E-state index contributed by atoms with van der Waals surface area (Å²) in [5.74, 6) is 2.87. The van der Waals surface area contributed by atoms with Gasteiger partial charge in [-0.2, -0.15) is 11.8 Å². The number of hydrogen-bond acceptors (Lipinski definition) is 4.